The summed E-state index contributed by atoms with van der Waals surface area (Å²) in [5.41, 5.74) is 1.22. The number of aromatic nitrogens is 2. The number of nitrogens with zero attached hydrogens (tertiary/aromatic N) is 3. The fourth-order valence-electron chi connectivity index (χ4n) is 3.43. The molecule has 1 aliphatic heterocycles. The van der Waals surface area contributed by atoms with Crippen LogP contribution in [0.5, 0.6) is 0 Å². The molecule has 2 amide bonds. The third-order valence-electron chi connectivity index (χ3n) is 4.77. The molecule has 0 atom stereocenters. The van der Waals surface area contributed by atoms with Gasteiger partial charge in [-0.3, -0.25) is 4.90 Å². The fourth-order valence-corrected chi connectivity index (χ4v) is 3.43. The Morgan fingerprint density at radius 1 is 1.17 bits per heavy atom. The van der Waals surface area contributed by atoms with Crippen molar-refractivity contribution < 1.29 is 22.9 Å². The number of hydrogen-bond acceptors (Lipinski definition) is 4. The molecule has 30 heavy (non-hydrogen) atoms. The van der Waals surface area contributed by atoms with Gasteiger partial charge in [-0.05, 0) is 46.7 Å². The maximum absolute atomic E-state index is 14.7. The zero-order valence-corrected chi connectivity index (χ0v) is 15.3. The van der Waals surface area contributed by atoms with E-state index in [1.165, 1.54) is 17.2 Å². The number of aromatic amines is 1. The van der Waals surface area contributed by atoms with Gasteiger partial charge in [0.1, 0.15) is 23.0 Å². The number of benzene rings is 2. The van der Waals surface area contributed by atoms with Crippen LogP contribution in [0.3, 0.4) is 0 Å². The van der Waals surface area contributed by atoms with Gasteiger partial charge in [0.15, 0.2) is 0 Å². The summed E-state index contributed by atoms with van der Waals surface area (Å²) >= 11 is 0. The van der Waals surface area contributed by atoms with Gasteiger partial charge in [-0.1, -0.05) is 5.10 Å². The molecular formula is C19H14F3N5O3. The van der Waals surface area contributed by atoms with Gasteiger partial charge >= 0.3 is 11.8 Å². The largest absolute Gasteiger partial charge is 0.358 e. The summed E-state index contributed by atoms with van der Waals surface area (Å²) < 4.78 is 41.3. The van der Waals surface area contributed by atoms with Crippen molar-refractivity contribution in [2.24, 2.45) is 0 Å². The van der Waals surface area contributed by atoms with E-state index in [0.717, 1.165) is 24.3 Å². The van der Waals surface area contributed by atoms with Gasteiger partial charge in [0.25, 0.3) is 0 Å². The molecule has 8 nitrogen and oxygen atoms in total. The molecular weight excluding hydrogens is 403 g/mol. The van der Waals surface area contributed by atoms with Crippen molar-refractivity contribution in [2.75, 3.05) is 11.4 Å². The van der Waals surface area contributed by atoms with Crippen molar-refractivity contribution >= 4 is 17.5 Å². The van der Waals surface area contributed by atoms with E-state index in [0.29, 0.717) is 17.7 Å². The lowest BCUT2D eigenvalue weighted by Gasteiger charge is -2.18. The van der Waals surface area contributed by atoms with E-state index < -0.39 is 34.2 Å². The van der Waals surface area contributed by atoms with Crippen LogP contribution in [0.4, 0.5) is 29.5 Å². The number of urea groups is 1. The summed E-state index contributed by atoms with van der Waals surface area (Å²) in [6, 6.07) is 4.97. The van der Waals surface area contributed by atoms with Gasteiger partial charge in [-0.25, -0.2) is 18.0 Å². The smallest absolute Gasteiger partial charge is 0.350 e. The number of anilines is 1. The van der Waals surface area contributed by atoms with Crippen molar-refractivity contribution in [3.63, 3.8) is 0 Å². The minimum Gasteiger partial charge on any atom is -0.358 e. The van der Waals surface area contributed by atoms with E-state index in [4.69, 9.17) is 0 Å². The van der Waals surface area contributed by atoms with Gasteiger partial charge in [0.05, 0.1) is 11.9 Å². The predicted octanol–water partition coefficient (Wildman–Crippen LogP) is 3.67. The lowest BCUT2D eigenvalue weighted by atomic mass is 10.0. The average Bonchev–Trinajstić information content (AvgIpc) is 3.31. The minimum atomic E-state index is -0.756. The number of carbonyl (C=O) groups excluding carboxylic acids is 1. The highest BCUT2D eigenvalue weighted by atomic mass is 19.1. The summed E-state index contributed by atoms with van der Waals surface area (Å²) in [7, 11) is 0. The number of halogens is 3. The number of carbonyl (C=O) groups is 1. The molecule has 2 aromatic carbocycles. The Labute approximate surface area is 167 Å². The molecule has 4 rings (SSSR count). The third kappa shape index (κ3) is 3.56. The van der Waals surface area contributed by atoms with Crippen molar-refractivity contribution in [1.82, 2.24) is 15.5 Å². The van der Waals surface area contributed by atoms with Crippen molar-refractivity contribution in [2.45, 2.75) is 13.0 Å². The molecule has 0 unspecified atom stereocenters. The number of fused-ring (bicyclic) bond motifs is 1. The number of H-pyrrole nitrogens is 1. The lowest BCUT2D eigenvalue weighted by molar-refractivity contribution is -0.388. The Kier molecular flexibility index (Phi) is 4.86. The fraction of sp³-hybridized carbons (Fsp3) is 0.158. The molecule has 2 N–H and O–H groups in total. The van der Waals surface area contributed by atoms with Crippen LogP contribution >= 0.6 is 0 Å². The molecule has 0 saturated carbocycles. The maximum Gasteiger partial charge on any atom is 0.350 e. The Balaban J connectivity index is 1.55. The zero-order chi connectivity index (χ0) is 21.4. The monoisotopic (exact) mass is 417 g/mol. The van der Waals surface area contributed by atoms with E-state index >= 15 is 0 Å². The second-order valence-corrected chi connectivity index (χ2v) is 6.69. The molecule has 1 aromatic heterocycles. The van der Waals surface area contributed by atoms with E-state index in [1.807, 2.05) is 0 Å². The topological polar surface area (TPSA) is 104 Å². The molecule has 154 valence electrons. The first kappa shape index (κ1) is 19.4. The minimum absolute atomic E-state index is 0.00620. The number of hydrogen-bond donors (Lipinski definition) is 2. The quantitative estimate of drug-likeness (QED) is 0.499. The molecule has 11 heteroatoms. The lowest BCUT2D eigenvalue weighted by Crippen LogP contribution is -2.38. The first-order valence-corrected chi connectivity index (χ1v) is 8.84. The van der Waals surface area contributed by atoms with Crippen LogP contribution in [0.2, 0.25) is 0 Å². The van der Waals surface area contributed by atoms with Crippen LogP contribution in [0.25, 0.3) is 11.1 Å². The van der Waals surface area contributed by atoms with Crippen LogP contribution < -0.4 is 10.2 Å². The van der Waals surface area contributed by atoms with Gasteiger partial charge in [-0.2, -0.15) is 0 Å². The highest BCUT2D eigenvalue weighted by molar-refractivity contribution is 5.95. The Hall–Kier alpha value is -3.89. The molecule has 0 saturated heterocycles. The number of nitro groups is 1. The maximum atomic E-state index is 14.7. The first-order valence-electron chi connectivity index (χ1n) is 8.84. The van der Waals surface area contributed by atoms with E-state index in [-0.39, 0.29) is 29.8 Å². The Bertz CT molecular complexity index is 1140. The van der Waals surface area contributed by atoms with Crippen molar-refractivity contribution in [3.05, 3.63) is 75.2 Å². The van der Waals surface area contributed by atoms with Gasteiger partial charge in [0.2, 0.25) is 0 Å². The number of nitrogens with one attached hydrogen (secondary N) is 2. The standard InChI is InChI=1S/C19H14F3N5O3/c20-12-3-10(4-13(21)6-12)8-23-19(28)26-2-1-11-5-14(16(22)7-17(11)26)15-9-24-25-18(15)27(29)30/h3-7,9H,1-2,8H2,(H,23,28)(H,24,25). The van der Waals surface area contributed by atoms with E-state index in [1.54, 1.807) is 0 Å². The Morgan fingerprint density at radius 2 is 1.90 bits per heavy atom. The van der Waals surface area contributed by atoms with Crippen LogP contribution in [-0.2, 0) is 13.0 Å². The second kappa shape index (κ2) is 7.50. The molecule has 0 bridgehead atoms. The molecule has 0 radical (unpaired) electrons. The second-order valence-electron chi connectivity index (χ2n) is 6.69. The van der Waals surface area contributed by atoms with E-state index in [2.05, 4.69) is 15.5 Å². The Morgan fingerprint density at radius 3 is 2.60 bits per heavy atom. The molecule has 3 aromatic rings. The summed E-state index contributed by atoms with van der Waals surface area (Å²) in [6.07, 6.45) is 1.58. The summed E-state index contributed by atoms with van der Waals surface area (Å²) in [5.74, 6) is -2.68. The zero-order valence-electron chi connectivity index (χ0n) is 15.3. The van der Waals surface area contributed by atoms with Gasteiger partial charge in [0, 0.05) is 24.7 Å². The number of rotatable bonds is 4. The van der Waals surface area contributed by atoms with Gasteiger partial charge < -0.3 is 15.4 Å². The summed E-state index contributed by atoms with van der Waals surface area (Å²) in [6.45, 7) is 0.149. The van der Waals surface area contributed by atoms with Crippen molar-refractivity contribution in [1.29, 1.82) is 0 Å². The number of amides is 2. The SMILES string of the molecule is O=C(NCc1cc(F)cc(F)c1)N1CCc2cc(-c3cn[nH]c3[N+](=O)[O-])c(F)cc21. The van der Waals surface area contributed by atoms with E-state index in [9.17, 15) is 28.1 Å². The highest BCUT2D eigenvalue weighted by Crippen LogP contribution is 2.37. The normalized spacial score (nSPS) is 12.7. The summed E-state index contributed by atoms with van der Waals surface area (Å²) in [5, 5.41) is 19.5. The van der Waals surface area contributed by atoms with Crippen LogP contribution in [0, 0.1) is 27.6 Å². The molecule has 0 aliphatic carbocycles. The predicted molar refractivity (Wildman–Crippen MR) is 100 cm³/mol. The van der Waals surface area contributed by atoms with Crippen LogP contribution in [-0.4, -0.2) is 27.7 Å². The molecule has 0 spiro atoms. The molecule has 0 fully saturated rings. The van der Waals surface area contributed by atoms with Crippen molar-refractivity contribution in [3.8, 4) is 11.1 Å². The van der Waals surface area contributed by atoms with Crippen LogP contribution in [0.15, 0.2) is 36.5 Å². The van der Waals surface area contributed by atoms with Crippen LogP contribution in [0.1, 0.15) is 11.1 Å². The summed E-state index contributed by atoms with van der Waals surface area (Å²) in [4.78, 5) is 24.2. The highest BCUT2D eigenvalue weighted by Gasteiger charge is 2.28. The third-order valence-corrected chi connectivity index (χ3v) is 4.77. The molecule has 1 aliphatic rings. The first-order chi connectivity index (χ1) is 14.3. The average molecular weight is 417 g/mol. The van der Waals surface area contributed by atoms with Gasteiger partial charge in [-0.15, -0.1) is 5.10 Å². The molecule has 2 heterocycles.